The fourth-order valence-electron chi connectivity index (χ4n) is 1.41. The van der Waals surface area contributed by atoms with Crippen LogP contribution < -0.4 is 11.1 Å². The van der Waals surface area contributed by atoms with Gasteiger partial charge in [-0.1, -0.05) is 32.5 Å². The number of carbonyl (C=O) groups is 1. The Bertz CT molecular complexity index is 381. The number of rotatable bonds is 8. The number of hydrogen-bond acceptors (Lipinski definition) is 6. The van der Waals surface area contributed by atoms with Gasteiger partial charge in [0, 0.05) is 18.2 Å². The minimum absolute atomic E-state index is 0.251. The van der Waals surface area contributed by atoms with E-state index in [1.54, 1.807) is 11.8 Å². The normalized spacial score (nSPS) is 12.9. The lowest BCUT2D eigenvalue weighted by Gasteiger charge is -2.17. The van der Waals surface area contributed by atoms with Gasteiger partial charge >= 0.3 is 0 Å². The molecule has 0 aromatic carbocycles. The maximum Gasteiger partial charge on any atom is 0.234 e. The van der Waals surface area contributed by atoms with E-state index in [1.807, 2.05) is 20.8 Å². The molecular weight excluding hydrogens is 268 g/mol. The molecule has 1 amide bonds. The van der Waals surface area contributed by atoms with Crippen LogP contribution in [0.5, 0.6) is 0 Å². The van der Waals surface area contributed by atoms with Crippen LogP contribution in [-0.2, 0) is 11.2 Å². The lowest BCUT2D eigenvalue weighted by atomic mass is 10.2. The molecule has 18 heavy (non-hydrogen) atoms. The number of nitrogens with one attached hydrogen (secondary N) is 1. The molecule has 0 spiro atoms. The second-order valence-electron chi connectivity index (χ2n) is 4.24. The molecular formula is C11H20N4OS2. The fraction of sp³-hybridized carbons (Fsp3) is 0.727. The van der Waals surface area contributed by atoms with Crippen molar-refractivity contribution in [2.75, 3.05) is 5.75 Å². The molecule has 1 aromatic heterocycles. The molecule has 1 rings (SSSR count). The lowest BCUT2D eigenvalue weighted by Crippen LogP contribution is -2.44. The Morgan fingerprint density at radius 3 is 2.78 bits per heavy atom. The first-order valence-electron chi connectivity index (χ1n) is 6.03. The summed E-state index contributed by atoms with van der Waals surface area (Å²) in [6.07, 6.45) is 1.56. The number of amides is 1. The maximum absolute atomic E-state index is 11.3. The van der Waals surface area contributed by atoms with E-state index in [9.17, 15) is 4.79 Å². The number of aryl methyl sites for hydroxylation is 1. The monoisotopic (exact) mass is 288 g/mol. The van der Waals surface area contributed by atoms with Gasteiger partial charge in [0.2, 0.25) is 5.91 Å². The average Bonchev–Trinajstić information content (AvgIpc) is 2.75. The molecule has 0 fully saturated rings. The summed E-state index contributed by atoms with van der Waals surface area (Å²) >= 11 is 3.04. The van der Waals surface area contributed by atoms with Crippen molar-refractivity contribution >= 4 is 29.2 Å². The summed E-state index contributed by atoms with van der Waals surface area (Å²) in [4.78, 5) is 15.6. The molecule has 3 N–H and O–H groups in total. The fourth-order valence-corrected chi connectivity index (χ4v) is 3.18. The molecule has 1 atom stereocenters. The molecule has 0 radical (unpaired) electrons. The molecule has 0 aliphatic carbocycles. The lowest BCUT2D eigenvalue weighted by molar-refractivity contribution is -0.120. The van der Waals surface area contributed by atoms with E-state index in [4.69, 9.17) is 5.73 Å². The molecule has 7 heteroatoms. The molecule has 0 aliphatic heterocycles. The van der Waals surface area contributed by atoms with Crippen molar-refractivity contribution in [1.82, 2.24) is 14.7 Å². The van der Waals surface area contributed by atoms with Crippen molar-refractivity contribution in [2.24, 2.45) is 5.73 Å². The Kier molecular flexibility index (Phi) is 6.59. The Balaban J connectivity index is 2.36. The summed E-state index contributed by atoms with van der Waals surface area (Å²) in [6, 6.07) is -0.0169. The first-order valence-corrected chi connectivity index (χ1v) is 7.79. The largest absolute Gasteiger partial charge is 0.368 e. The van der Waals surface area contributed by atoms with E-state index < -0.39 is 0 Å². The van der Waals surface area contributed by atoms with E-state index in [0.29, 0.717) is 6.42 Å². The molecule has 1 unspecified atom stereocenters. The zero-order valence-corrected chi connectivity index (χ0v) is 12.6. The smallest absolute Gasteiger partial charge is 0.234 e. The number of nitrogens with zero attached hydrogens (tertiary/aromatic N) is 2. The van der Waals surface area contributed by atoms with Gasteiger partial charge in [-0.15, -0.1) is 0 Å². The van der Waals surface area contributed by atoms with Crippen molar-refractivity contribution in [2.45, 2.75) is 50.0 Å². The maximum atomic E-state index is 11.3. The summed E-state index contributed by atoms with van der Waals surface area (Å²) < 4.78 is 5.18. The minimum Gasteiger partial charge on any atom is -0.368 e. The summed E-state index contributed by atoms with van der Waals surface area (Å²) in [5, 5.41) is 3.16. The van der Waals surface area contributed by atoms with Crippen LogP contribution in [0, 0.1) is 0 Å². The summed E-state index contributed by atoms with van der Waals surface area (Å²) in [5.41, 5.74) is 5.35. The Morgan fingerprint density at radius 1 is 1.56 bits per heavy atom. The van der Waals surface area contributed by atoms with Crippen molar-refractivity contribution in [1.29, 1.82) is 0 Å². The highest BCUT2D eigenvalue weighted by molar-refractivity contribution is 8.00. The van der Waals surface area contributed by atoms with Crippen LogP contribution in [0.25, 0.3) is 0 Å². The van der Waals surface area contributed by atoms with Crippen LogP contribution in [-0.4, -0.2) is 33.1 Å². The number of hydrogen-bond donors (Lipinski definition) is 2. The van der Waals surface area contributed by atoms with Gasteiger partial charge < -0.3 is 11.1 Å². The molecule has 102 valence electrons. The number of carbonyl (C=O) groups excluding carboxylic acids is 1. The van der Waals surface area contributed by atoms with Crippen LogP contribution >= 0.6 is 23.3 Å². The Labute approximate surface area is 116 Å². The highest BCUT2D eigenvalue weighted by Crippen LogP contribution is 2.21. The van der Waals surface area contributed by atoms with Crippen LogP contribution in [0.15, 0.2) is 4.34 Å². The van der Waals surface area contributed by atoms with Gasteiger partial charge in [0.1, 0.15) is 5.82 Å². The summed E-state index contributed by atoms with van der Waals surface area (Å²) in [7, 11) is 0. The zero-order chi connectivity index (χ0) is 13.5. The quantitative estimate of drug-likeness (QED) is 0.707. The van der Waals surface area contributed by atoms with E-state index in [0.717, 1.165) is 22.3 Å². The average molecular weight is 288 g/mol. The number of primary amides is 1. The van der Waals surface area contributed by atoms with E-state index in [-0.39, 0.29) is 18.0 Å². The first-order chi connectivity index (χ1) is 8.52. The minimum atomic E-state index is -0.296. The SMILES string of the molecule is CCc1nsc(SCCC(NC(C)C)C(N)=O)n1. The first kappa shape index (κ1) is 15.4. The van der Waals surface area contributed by atoms with Gasteiger partial charge in [-0.25, -0.2) is 4.98 Å². The van der Waals surface area contributed by atoms with Gasteiger partial charge in [0.25, 0.3) is 0 Å². The molecule has 0 aliphatic rings. The topological polar surface area (TPSA) is 80.9 Å². The summed E-state index contributed by atoms with van der Waals surface area (Å²) in [6.45, 7) is 6.04. The Morgan fingerprint density at radius 2 is 2.28 bits per heavy atom. The van der Waals surface area contributed by atoms with Crippen LogP contribution in [0.2, 0.25) is 0 Å². The van der Waals surface area contributed by atoms with Crippen molar-refractivity contribution in [3.8, 4) is 0 Å². The van der Waals surface area contributed by atoms with Gasteiger partial charge in [-0.2, -0.15) is 4.37 Å². The van der Waals surface area contributed by atoms with Crippen molar-refractivity contribution < 1.29 is 4.79 Å². The molecule has 0 saturated carbocycles. The van der Waals surface area contributed by atoms with E-state index in [1.165, 1.54) is 11.5 Å². The number of thioether (sulfide) groups is 1. The Hall–Kier alpha value is -0.660. The zero-order valence-electron chi connectivity index (χ0n) is 11.0. The number of aromatic nitrogens is 2. The second-order valence-corrected chi connectivity index (χ2v) is 6.34. The van der Waals surface area contributed by atoms with Gasteiger partial charge in [0.05, 0.1) is 6.04 Å². The van der Waals surface area contributed by atoms with Gasteiger partial charge in [-0.05, 0) is 18.0 Å². The number of nitrogens with two attached hydrogens (primary N) is 1. The van der Waals surface area contributed by atoms with E-state index in [2.05, 4.69) is 14.7 Å². The van der Waals surface area contributed by atoms with Crippen LogP contribution in [0.4, 0.5) is 0 Å². The van der Waals surface area contributed by atoms with Crippen LogP contribution in [0.3, 0.4) is 0 Å². The predicted octanol–water partition coefficient (Wildman–Crippen LogP) is 1.43. The third-order valence-corrected chi connectivity index (χ3v) is 4.18. The third kappa shape index (κ3) is 5.32. The van der Waals surface area contributed by atoms with Gasteiger partial charge in [-0.3, -0.25) is 4.79 Å². The molecule has 5 nitrogen and oxygen atoms in total. The van der Waals surface area contributed by atoms with Gasteiger partial charge in [0.15, 0.2) is 4.34 Å². The predicted molar refractivity (Wildman–Crippen MR) is 75.9 cm³/mol. The van der Waals surface area contributed by atoms with Crippen molar-refractivity contribution in [3.05, 3.63) is 5.82 Å². The van der Waals surface area contributed by atoms with E-state index >= 15 is 0 Å². The molecule has 0 bridgehead atoms. The van der Waals surface area contributed by atoms with Crippen LogP contribution in [0.1, 0.15) is 33.0 Å². The molecule has 0 saturated heterocycles. The second kappa shape index (κ2) is 7.70. The van der Waals surface area contributed by atoms with Crippen molar-refractivity contribution in [3.63, 3.8) is 0 Å². The highest BCUT2D eigenvalue weighted by atomic mass is 32.2. The standard InChI is InChI=1S/C11H20N4OS2/c1-4-9-14-11(18-15-9)17-6-5-8(10(12)16)13-7(2)3/h7-8,13H,4-6H2,1-3H3,(H2,12,16). The highest BCUT2D eigenvalue weighted by Gasteiger charge is 2.16. The summed E-state index contributed by atoms with van der Waals surface area (Å²) in [5.74, 6) is 1.40. The third-order valence-electron chi connectivity index (χ3n) is 2.28. The molecule has 1 aromatic rings. The molecule has 1 heterocycles.